The molecule has 1 amide bonds. The number of carbonyl (C=O) groups is 2. The summed E-state index contributed by atoms with van der Waals surface area (Å²) in [5.74, 6) is -0.886. The molecule has 0 radical (unpaired) electrons. The number of carboxylic acids is 1. The number of para-hydroxylation sites is 1. The van der Waals surface area contributed by atoms with Crippen LogP contribution in [0.2, 0.25) is 0 Å². The van der Waals surface area contributed by atoms with Crippen molar-refractivity contribution in [3.05, 3.63) is 65.7 Å². The zero-order valence-corrected chi connectivity index (χ0v) is 16.9. The lowest BCUT2D eigenvalue weighted by Crippen LogP contribution is -2.36. The second-order valence-corrected chi connectivity index (χ2v) is 7.69. The molecule has 0 aromatic heterocycles. The summed E-state index contributed by atoms with van der Waals surface area (Å²) < 4.78 is 0. The van der Waals surface area contributed by atoms with Crippen molar-refractivity contribution in [1.82, 2.24) is 9.80 Å². The summed E-state index contributed by atoms with van der Waals surface area (Å²) in [6.45, 7) is 2.79. The van der Waals surface area contributed by atoms with Crippen LogP contribution >= 0.6 is 0 Å². The quantitative estimate of drug-likeness (QED) is 0.753. The van der Waals surface area contributed by atoms with E-state index >= 15 is 0 Å². The minimum atomic E-state index is -0.779. The summed E-state index contributed by atoms with van der Waals surface area (Å²) in [6, 6.07) is 17.5. The third kappa shape index (κ3) is 6.41. The Morgan fingerprint density at radius 2 is 1.90 bits per heavy atom. The van der Waals surface area contributed by atoms with Gasteiger partial charge in [0.05, 0.1) is 6.54 Å². The Balaban J connectivity index is 1.57. The van der Waals surface area contributed by atoms with E-state index in [0.717, 1.165) is 50.1 Å². The van der Waals surface area contributed by atoms with Gasteiger partial charge in [-0.3, -0.25) is 19.4 Å². The number of nitrogens with one attached hydrogen (secondary N) is 1. The molecule has 0 spiro atoms. The van der Waals surface area contributed by atoms with Crippen LogP contribution < -0.4 is 5.32 Å². The average Bonchev–Trinajstić information content (AvgIpc) is 2.94. The van der Waals surface area contributed by atoms with Crippen LogP contribution in [-0.4, -0.2) is 59.5 Å². The highest BCUT2D eigenvalue weighted by Crippen LogP contribution is 2.18. The maximum absolute atomic E-state index is 12.5. The van der Waals surface area contributed by atoms with Gasteiger partial charge in [-0.25, -0.2) is 0 Å². The standard InChI is InChI=1S/C23H29N3O3/c1-25(17-22(27)28)21-11-6-13-26(14-12-21)16-18-7-5-8-19(15-18)23(29)24-20-9-3-2-4-10-20/h2-5,7-10,15,21H,6,11-14,16-17H2,1H3,(H,24,29)(H,27,28). The van der Waals surface area contributed by atoms with Crippen LogP contribution in [-0.2, 0) is 11.3 Å². The largest absolute Gasteiger partial charge is 0.480 e. The number of carbonyl (C=O) groups excluding carboxylic acids is 1. The van der Waals surface area contributed by atoms with E-state index in [1.54, 1.807) is 0 Å². The van der Waals surface area contributed by atoms with E-state index in [0.29, 0.717) is 11.6 Å². The number of carboxylic acid groups (broad SMARTS) is 1. The molecule has 3 rings (SSSR count). The van der Waals surface area contributed by atoms with Crippen molar-refractivity contribution in [2.75, 3.05) is 32.0 Å². The van der Waals surface area contributed by atoms with E-state index in [2.05, 4.69) is 16.3 Å². The Kier molecular flexibility index (Phi) is 7.38. The van der Waals surface area contributed by atoms with Gasteiger partial charge >= 0.3 is 5.97 Å². The summed E-state index contributed by atoms with van der Waals surface area (Å²) in [5.41, 5.74) is 2.55. The molecular weight excluding hydrogens is 366 g/mol. The van der Waals surface area contributed by atoms with Gasteiger partial charge in [0.15, 0.2) is 0 Å². The minimum Gasteiger partial charge on any atom is -0.480 e. The molecule has 0 bridgehead atoms. The first-order valence-corrected chi connectivity index (χ1v) is 10.1. The third-order valence-corrected chi connectivity index (χ3v) is 5.43. The maximum atomic E-state index is 12.5. The molecule has 1 atom stereocenters. The fourth-order valence-corrected chi connectivity index (χ4v) is 3.87. The highest BCUT2D eigenvalue weighted by Gasteiger charge is 2.21. The Hall–Kier alpha value is -2.70. The zero-order valence-electron chi connectivity index (χ0n) is 16.9. The molecule has 0 aliphatic carbocycles. The highest BCUT2D eigenvalue weighted by atomic mass is 16.4. The second kappa shape index (κ2) is 10.2. The number of anilines is 1. The average molecular weight is 396 g/mol. The third-order valence-electron chi connectivity index (χ3n) is 5.43. The van der Waals surface area contributed by atoms with Crippen molar-refractivity contribution in [3.63, 3.8) is 0 Å². The molecule has 1 unspecified atom stereocenters. The van der Waals surface area contributed by atoms with Crippen molar-refractivity contribution in [1.29, 1.82) is 0 Å². The lowest BCUT2D eigenvalue weighted by atomic mass is 10.1. The topological polar surface area (TPSA) is 72.9 Å². The van der Waals surface area contributed by atoms with Crippen molar-refractivity contribution in [2.45, 2.75) is 31.8 Å². The Morgan fingerprint density at radius 3 is 2.66 bits per heavy atom. The first-order chi connectivity index (χ1) is 14.0. The van der Waals surface area contributed by atoms with Crippen LogP contribution in [0.3, 0.4) is 0 Å². The first-order valence-electron chi connectivity index (χ1n) is 10.1. The number of likely N-dealkylation sites (N-methyl/N-ethyl adjacent to an activating group) is 1. The second-order valence-electron chi connectivity index (χ2n) is 7.69. The molecule has 6 nitrogen and oxygen atoms in total. The number of benzene rings is 2. The molecule has 154 valence electrons. The highest BCUT2D eigenvalue weighted by molar-refractivity contribution is 6.04. The predicted molar refractivity (Wildman–Crippen MR) is 114 cm³/mol. The smallest absolute Gasteiger partial charge is 0.317 e. The number of nitrogens with zero attached hydrogens (tertiary/aromatic N) is 2. The molecule has 1 aliphatic heterocycles. The molecule has 2 aromatic carbocycles. The predicted octanol–water partition coefficient (Wildman–Crippen LogP) is 3.31. The fraction of sp³-hybridized carbons (Fsp3) is 0.391. The van der Waals surface area contributed by atoms with Crippen LogP contribution in [0.1, 0.15) is 35.2 Å². The van der Waals surface area contributed by atoms with E-state index in [9.17, 15) is 9.59 Å². The summed E-state index contributed by atoms with van der Waals surface area (Å²) >= 11 is 0. The Bertz CT molecular complexity index is 825. The number of aliphatic carboxylic acids is 1. The van der Waals surface area contributed by atoms with E-state index in [1.807, 2.05) is 60.5 Å². The first kappa shape index (κ1) is 21.0. The molecule has 6 heteroatoms. The Labute approximate surface area is 172 Å². The molecule has 1 fully saturated rings. The normalized spacial score (nSPS) is 17.7. The summed E-state index contributed by atoms with van der Waals surface area (Å²) in [7, 11) is 1.89. The van der Waals surface area contributed by atoms with Crippen LogP contribution in [0.15, 0.2) is 54.6 Å². The van der Waals surface area contributed by atoms with E-state index in [1.165, 1.54) is 0 Å². The van der Waals surface area contributed by atoms with Gasteiger partial charge in [0.2, 0.25) is 0 Å². The van der Waals surface area contributed by atoms with Gasteiger partial charge in [-0.1, -0.05) is 30.3 Å². The van der Waals surface area contributed by atoms with Crippen LogP contribution in [0.5, 0.6) is 0 Å². The molecule has 2 N–H and O–H groups in total. The number of hydrogen-bond acceptors (Lipinski definition) is 4. The van der Waals surface area contributed by atoms with Gasteiger partial charge < -0.3 is 10.4 Å². The van der Waals surface area contributed by atoms with E-state index < -0.39 is 5.97 Å². The number of rotatable bonds is 7. The van der Waals surface area contributed by atoms with Gasteiger partial charge in [0.25, 0.3) is 5.91 Å². The molecule has 1 heterocycles. The molecule has 2 aromatic rings. The van der Waals surface area contributed by atoms with Gasteiger partial charge in [0, 0.05) is 23.8 Å². The van der Waals surface area contributed by atoms with Crippen molar-refractivity contribution < 1.29 is 14.7 Å². The summed E-state index contributed by atoms with van der Waals surface area (Å²) in [6.07, 6.45) is 3.01. The van der Waals surface area contributed by atoms with Crippen LogP contribution in [0.4, 0.5) is 5.69 Å². The molecule has 0 saturated carbocycles. The minimum absolute atomic E-state index is 0.0865. The molecule has 1 saturated heterocycles. The lowest BCUT2D eigenvalue weighted by Gasteiger charge is -2.25. The van der Waals surface area contributed by atoms with Crippen molar-refractivity contribution >= 4 is 17.6 Å². The molecule has 29 heavy (non-hydrogen) atoms. The molecule has 1 aliphatic rings. The van der Waals surface area contributed by atoms with Crippen molar-refractivity contribution in [3.8, 4) is 0 Å². The monoisotopic (exact) mass is 395 g/mol. The van der Waals surface area contributed by atoms with E-state index in [4.69, 9.17) is 5.11 Å². The van der Waals surface area contributed by atoms with Gasteiger partial charge in [-0.2, -0.15) is 0 Å². The maximum Gasteiger partial charge on any atom is 0.317 e. The lowest BCUT2D eigenvalue weighted by molar-refractivity contribution is -0.138. The number of hydrogen-bond donors (Lipinski definition) is 2. The summed E-state index contributed by atoms with van der Waals surface area (Å²) in [5, 5.41) is 11.9. The zero-order chi connectivity index (χ0) is 20.6. The SMILES string of the molecule is CN(CC(=O)O)C1CCCN(Cc2cccc(C(=O)Nc3ccccc3)c2)CC1. The number of amides is 1. The number of likely N-dealkylation sites (tertiary alicyclic amines) is 1. The van der Waals surface area contributed by atoms with E-state index in [-0.39, 0.29) is 12.5 Å². The van der Waals surface area contributed by atoms with Gasteiger partial charge in [-0.15, -0.1) is 0 Å². The molecular formula is C23H29N3O3. The Morgan fingerprint density at radius 1 is 1.10 bits per heavy atom. The van der Waals surface area contributed by atoms with Crippen molar-refractivity contribution in [2.24, 2.45) is 0 Å². The van der Waals surface area contributed by atoms with Gasteiger partial charge in [0.1, 0.15) is 0 Å². The van der Waals surface area contributed by atoms with Crippen LogP contribution in [0, 0.1) is 0 Å². The van der Waals surface area contributed by atoms with Gasteiger partial charge in [-0.05, 0) is 69.2 Å². The summed E-state index contributed by atoms with van der Waals surface area (Å²) in [4.78, 5) is 27.8. The fourth-order valence-electron chi connectivity index (χ4n) is 3.87. The van der Waals surface area contributed by atoms with Crippen LogP contribution in [0.25, 0.3) is 0 Å².